The zero-order valence-electron chi connectivity index (χ0n) is 18.4. The number of H-pyrrole nitrogens is 1. The number of fused-ring (bicyclic) bond motifs is 1. The molecule has 31 heavy (non-hydrogen) atoms. The SMILES string of the molecule is Cc1cc(C)cc(NC(=O)[C@@H]2CC(=O)Nc3nc(N4C[C@H](C)C[C@@H](C)C4)[nH]c(=O)c32)c1. The Bertz CT molecular complexity index is 1060. The number of benzene rings is 1. The van der Waals surface area contributed by atoms with Gasteiger partial charge in [0.25, 0.3) is 5.56 Å². The van der Waals surface area contributed by atoms with E-state index in [2.05, 4.69) is 34.4 Å². The van der Waals surface area contributed by atoms with E-state index >= 15 is 0 Å². The molecule has 1 aromatic carbocycles. The Hall–Kier alpha value is -3.16. The van der Waals surface area contributed by atoms with Crippen LogP contribution in [0.5, 0.6) is 0 Å². The highest BCUT2D eigenvalue weighted by molar-refractivity contribution is 6.04. The number of anilines is 3. The number of carbonyl (C=O) groups excluding carboxylic acids is 2. The quantitative estimate of drug-likeness (QED) is 0.704. The van der Waals surface area contributed by atoms with Crippen molar-refractivity contribution in [2.45, 2.75) is 46.5 Å². The van der Waals surface area contributed by atoms with Gasteiger partial charge >= 0.3 is 0 Å². The van der Waals surface area contributed by atoms with Crippen LogP contribution in [0, 0.1) is 25.7 Å². The Morgan fingerprint density at radius 3 is 2.39 bits per heavy atom. The molecule has 2 amide bonds. The van der Waals surface area contributed by atoms with Crippen LogP contribution in [0.1, 0.15) is 49.3 Å². The van der Waals surface area contributed by atoms with Crippen molar-refractivity contribution in [3.63, 3.8) is 0 Å². The second-order valence-electron chi connectivity index (χ2n) is 9.17. The van der Waals surface area contributed by atoms with Crippen molar-refractivity contribution in [2.75, 3.05) is 28.6 Å². The fraction of sp³-hybridized carbons (Fsp3) is 0.478. The summed E-state index contributed by atoms with van der Waals surface area (Å²) in [5.41, 5.74) is 2.51. The summed E-state index contributed by atoms with van der Waals surface area (Å²) >= 11 is 0. The maximum absolute atomic E-state index is 13.0. The molecule has 0 spiro atoms. The van der Waals surface area contributed by atoms with Gasteiger partial charge < -0.3 is 15.5 Å². The van der Waals surface area contributed by atoms with Crippen molar-refractivity contribution >= 4 is 29.3 Å². The number of aromatic nitrogens is 2. The molecule has 2 aromatic rings. The molecule has 0 saturated carbocycles. The van der Waals surface area contributed by atoms with Gasteiger partial charge in [-0.1, -0.05) is 19.9 Å². The van der Waals surface area contributed by atoms with Crippen LogP contribution in [0.3, 0.4) is 0 Å². The number of hydrogen-bond donors (Lipinski definition) is 3. The molecule has 3 heterocycles. The maximum atomic E-state index is 13.0. The normalized spacial score (nSPS) is 23.2. The second kappa shape index (κ2) is 8.17. The number of nitrogens with zero attached hydrogens (tertiary/aromatic N) is 2. The molecular formula is C23H29N5O3. The monoisotopic (exact) mass is 423 g/mol. The number of amides is 2. The third-order valence-electron chi connectivity index (χ3n) is 5.91. The third-order valence-corrected chi connectivity index (χ3v) is 5.91. The zero-order chi connectivity index (χ0) is 22.3. The molecule has 4 rings (SSSR count). The highest BCUT2D eigenvalue weighted by atomic mass is 16.2. The minimum Gasteiger partial charge on any atom is -0.342 e. The van der Waals surface area contributed by atoms with Crippen molar-refractivity contribution in [3.8, 4) is 0 Å². The van der Waals surface area contributed by atoms with Crippen molar-refractivity contribution in [1.82, 2.24) is 9.97 Å². The van der Waals surface area contributed by atoms with Crippen LogP contribution >= 0.6 is 0 Å². The van der Waals surface area contributed by atoms with Gasteiger partial charge in [0.1, 0.15) is 5.82 Å². The molecule has 1 aromatic heterocycles. The van der Waals surface area contributed by atoms with Crippen LogP contribution in [0.4, 0.5) is 17.5 Å². The summed E-state index contributed by atoms with van der Waals surface area (Å²) in [6.07, 6.45) is 1.04. The van der Waals surface area contributed by atoms with Crippen molar-refractivity contribution in [3.05, 3.63) is 45.2 Å². The first-order chi connectivity index (χ1) is 14.7. The number of rotatable bonds is 3. The topological polar surface area (TPSA) is 107 Å². The van der Waals surface area contributed by atoms with E-state index in [1.165, 1.54) is 0 Å². The number of aryl methyl sites for hydroxylation is 2. The first-order valence-electron chi connectivity index (χ1n) is 10.8. The molecule has 3 atom stereocenters. The van der Waals surface area contributed by atoms with Crippen LogP contribution < -0.4 is 21.1 Å². The molecule has 2 aliphatic rings. The molecule has 164 valence electrons. The summed E-state index contributed by atoms with van der Waals surface area (Å²) in [5.74, 6) is -0.0146. The standard InChI is InChI=1S/C23H29N5O3/c1-12-5-13(2)8-16(7-12)24-21(30)17-9-18(29)25-20-19(17)22(31)27-23(26-20)28-10-14(3)6-15(4)11-28/h5,7-8,14-15,17H,6,9-11H2,1-4H3,(H,24,30)(H2,25,26,27,29,31)/t14-,15-,17-/m1/s1. The van der Waals surface area contributed by atoms with E-state index in [4.69, 9.17) is 0 Å². The van der Waals surface area contributed by atoms with Crippen LogP contribution in [-0.2, 0) is 9.59 Å². The molecule has 0 bridgehead atoms. The fourth-order valence-electron chi connectivity index (χ4n) is 4.85. The van der Waals surface area contributed by atoms with Crippen molar-refractivity contribution in [2.24, 2.45) is 11.8 Å². The zero-order valence-corrected chi connectivity index (χ0v) is 18.4. The predicted molar refractivity (Wildman–Crippen MR) is 121 cm³/mol. The average molecular weight is 424 g/mol. The van der Waals surface area contributed by atoms with Crippen LogP contribution in [0.25, 0.3) is 0 Å². The number of aromatic amines is 1. The summed E-state index contributed by atoms with van der Waals surface area (Å²) in [7, 11) is 0. The lowest BCUT2D eigenvalue weighted by molar-refractivity contribution is -0.123. The van der Waals surface area contributed by atoms with E-state index in [0.717, 1.165) is 30.6 Å². The largest absolute Gasteiger partial charge is 0.342 e. The van der Waals surface area contributed by atoms with Gasteiger partial charge in [0.15, 0.2) is 0 Å². The van der Waals surface area contributed by atoms with Gasteiger partial charge in [0, 0.05) is 25.2 Å². The lowest BCUT2D eigenvalue weighted by Gasteiger charge is -2.35. The van der Waals surface area contributed by atoms with Gasteiger partial charge in [0.2, 0.25) is 17.8 Å². The van der Waals surface area contributed by atoms with Gasteiger partial charge in [-0.15, -0.1) is 0 Å². The van der Waals surface area contributed by atoms with Crippen LogP contribution in [0.15, 0.2) is 23.0 Å². The minimum atomic E-state index is -0.894. The van der Waals surface area contributed by atoms with E-state index in [0.29, 0.717) is 23.5 Å². The van der Waals surface area contributed by atoms with Gasteiger partial charge in [-0.3, -0.25) is 19.4 Å². The number of carbonyl (C=O) groups is 2. The molecule has 0 unspecified atom stereocenters. The highest BCUT2D eigenvalue weighted by Gasteiger charge is 2.35. The minimum absolute atomic E-state index is 0.0917. The lowest BCUT2D eigenvalue weighted by Crippen LogP contribution is -2.42. The van der Waals surface area contributed by atoms with E-state index in [1.807, 2.05) is 36.9 Å². The Morgan fingerprint density at radius 1 is 1.10 bits per heavy atom. The molecular weight excluding hydrogens is 394 g/mol. The predicted octanol–water partition coefficient (Wildman–Crippen LogP) is 2.93. The number of piperidine rings is 1. The third kappa shape index (κ3) is 4.47. The second-order valence-corrected chi connectivity index (χ2v) is 9.17. The average Bonchev–Trinajstić information content (AvgIpc) is 2.65. The smallest absolute Gasteiger partial charge is 0.258 e. The van der Waals surface area contributed by atoms with Crippen LogP contribution in [-0.4, -0.2) is 34.9 Å². The molecule has 8 heteroatoms. The number of hydrogen-bond acceptors (Lipinski definition) is 5. The van der Waals surface area contributed by atoms with Gasteiger partial charge in [-0.25, -0.2) is 0 Å². The first kappa shape index (κ1) is 21.1. The highest BCUT2D eigenvalue weighted by Crippen LogP contribution is 2.31. The molecule has 8 nitrogen and oxygen atoms in total. The van der Waals surface area contributed by atoms with Crippen LogP contribution in [0.2, 0.25) is 0 Å². The summed E-state index contributed by atoms with van der Waals surface area (Å²) < 4.78 is 0. The summed E-state index contributed by atoms with van der Waals surface area (Å²) in [6, 6.07) is 5.73. The van der Waals surface area contributed by atoms with E-state index in [9.17, 15) is 14.4 Å². The van der Waals surface area contributed by atoms with E-state index < -0.39 is 5.92 Å². The Morgan fingerprint density at radius 2 is 1.74 bits per heavy atom. The summed E-state index contributed by atoms with van der Waals surface area (Å²) in [6.45, 7) is 9.82. The van der Waals surface area contributed by atoms with E-state index in [1.54, 1.807) is 0 Å². The molecule has 1 fully saturated rings. The Labute approximate surface area is 181 Å². The van der Waals surface area contributed by atoms with E-state index in [-0.39, 0.29) is 35.2 Å². The van der Waals surface area contributed by atoms with Gasteiger partial charge in [-0.2, -0.15) is 4.98 Å². The molecule has 0 radical (unpaired) electrons. The molecule has 3 N–H and O–H groups in total. The fourth-order valence-corrected chi connectivity index (χ4v) is 4.85. The Balaban J connectivity index is 1.65. The van der Waals surface area contributed by atoms with Crippen molar-refractivity contribution in [1.29, 1.82) is 0 Å². The van der Waals surface area contributed by atoms with Gasteiger partial charge in [0.05, 0.1) is 11.5 Å². The summed E-state index contributed by atoms with van der Waals surface area (Å²) in [5, 5.41) is 5.55. The first-order valence-corrected chi connectivity index (χ1v) is 10.8. The number of nitrogens with one attached hydrogen (secondary N) is 3. The maximum Gasteiger partial charge on any atom is 0.258 e. The molecule has 2 aliphatic heterocycles. The van der Waals surface area contributed by atoms with Gasteiger partial charge in [-0.05, 0) is 55.4 Å². The van der Waals surface area contributed by atoms with Crippen molar-refractivity contribution < 1.29 is 9.59 Å². The molecule has 1 saturated heterocycles. The molecule has 0 aliphatic carbocycles. The lowest BCUT2D eigenvalue weighted by atomic mass is 9.91. The Kier molecular flexibility index (Phi) is 5.56. The summed E-state index contributed by atoms with van der Waals surface area (Å²) in [4.78, 5) is 47.9.